The number of carbonyl (C=O) groups is 3. The molecule has 1 aromatic carbocycles. The summed E-state index contributed by atoms with van der Waals surface area (Å²) in [5.41, 5.74) is 1.20. The topological polar surface area (TPSA) is 148 Å². The fourth-order valence-electron chi connectivity index (χ4n) is 4.45. The molecule has 45 heavy (non-hydrogen) atoms. The van der Waals surface area contributed by atoms with Crippen LogP contribution in [-0.2, 0) is 20.9 Å². The molecule has 1 amide bonds. The lowest BCUT2D eigenvalue weighted by molar-refractivity contribution is -0.193. The van der Waals surface area contributed by atoms with E-state index in [1.54, 1.807) is 12.3 Å². The maximum absolute atomic E-state index is 12.2. The van der Waals surface area contributed by atoms with Crippen LogP contribution in [0, 0.1) is 5.41 Å². The summed E-state index contributed by atoms with van der Waals surface area (Å²) in [6.45, 7) is 4.51. The summed E-state index contributed by atoms with van der Waals surface area (Å²) in [6.07, 6.45) is -5.19. The molecule has 1 spiro atoms. The van der Waals surface area contributed by atoms with Crippen molar-refractivity contribution in [1.82, 2.24) is 20.2 Å². The molecule has 3 heterocycles. The number of amides is 1. The number of anilines is 2. The van der Waals surface area contributed by atoms with E-state index in [1.165, 1.54) is 0 Å². The van der Waals surface area contributed by atoms with Gasteiger partial charge in [-0.25, -0.2) is 14.6 Å². The van der Waals surface area contributed by atoms with Crippen molar-refractivity contribution >= 4 is 52.8 Å². The largest absolute Gasteiger partial charge is 0.490 e. The molecule has 250 valence electrons. The van der Waals surface area contributed by atoms with Gasteiger partial charge in [-0.05, 0) is 55.5 Å². The summed E-state index contributed by atoms with van der Waals surface area (Å²) >= 11 is 12.2. The molecular weight excluding hydrogens is 661 g/mol. The van der Waals surface area contributed by atoms with Crippen molar-refractivity contribution in [3.63, 3.8) is 0 Å². The van der Waals surface area contributed by atoms with Crippen LogP contribution in [0.4, 0.5) is 38.1 Å². The van der Waals surface area contributed by atoms with Gasteiger partial charge < -0.3 is 30.6 Å². The number of carboxylic acid groups (broad SMARTS) is 2. The van der Waals surface area contributed by atoms with Gasteiger partial charge >= 0.3 is 24.3 Å². The minimum atomic E-state index is -5.08. The van der Waals surface area contributed by atoms with Crippen molar-refractivity contribution in [2.75, 3.05) is 50.0 Å². The highest BCUT2D eigenvalue weighted by Gasteiger charge is 2.42. The number of hydrogen-bond acceptors (Lipinski definition) is 8. The van der Waals surface area contributed by atoms with Gasteiger partial charge in [-0.1, -0.05) is 29.3 Å². The molecule has 0 bridgehead atoms. The van der Waals surface area contributed by atoms with E-state index in [9.17, 15) is 31.1 Å². The highest BCUT2D eigenvalue weighted by molar-refractivity contribution is 6.35. The normalized spacial score (nSPS) is 15.8. The van der Waals surface area contributed by atoms with Crippen LogP contribution in [-0.4, -0.2) is 95.1 Å². The number of likely N-dealkylation sites (N-methyl/N-ethyl adjacent to an activating group) is 1. The molecule has 1 aromatic heterocycles. The van der Waals surface area contributed by atoms with Crippen LogP contribution in [0.2, 0.25) is 10.0 Å². The molecule has 0 saturated carbocycles. The average molecular weight is 691 g/mol. The molecular formula is C26H30Cl2F6N6O5. The zero-order valence-electron chi connectivity index (χ0n) is 23.7. The van der Waals surface area contributed by atoms with E-state index in [-0.39, 0.29) is 11.3 Å². The Bertz CT molecular complexity index is 1300. The van der Waals surface area contributed by atoms with Gasteiger partial charge in [0, 0.05) is 49.0 Å². The number of carboxylic acids is 2. The van der Waals surface area contributed by atoms with Crippen LogP contribution in [0.25, 0.3) is 0 Å². The monoisotopic (exact) mass is 690 g/mol. The first-order valence-corrected chi connectivity index (χ1v) is 13.9. The van der Waals surface area contributed by atoms with Gasteiger partial charge in [-0.2, -0.15) is 31.3 Å². The molecule has 19 heteroatoms. The molecule has 0 radical (unpaired) electrons. The number of aliphatic carboxylic acids is 2. The van der Waals surface area contributed by atoms with Gasteiger partial charge in [-0.3, -0.25) is 4.79 Å². The molecule has 0 aliphatic carbocycles. The number of piperidine rings is 1. The van der Waals surface area contributed by atoms with Crippen molar-refractivity contribution in [3.8, 4) is 0 Å². The second kappa shape index (κ2) is 16.1. The summed E-state index contributed by atoms with van der Waals surface area (Å²) in [7, 11) is 1.81. The first-order chi connectivity index (χ1) is 20.9. The number of aromatic nitrogens is 2. The van der Waals surface area contributed by atoms with Crippen molar-refractivity contribution in [3.05, 3.63) is 46.1 Å². The Morgan fingerprint density at radius 1 is 0.956 bits per heavy atom. The standard InChI is InChI=1S/C22H28Cl2N6O.2C2HF3O2/c1-25-14-20(31)30-11-7-22(15-30)5-9-29(10-6-22)21-26-8-4-19(28-21)27-13-16-2-3-17(23)12-18(16)24;2*3-2(4,5)1(6)7/h2-4,8,12,25H,5-7,9-11,13-15H2,1H3,(H,26,27,28);2*(H,6,7). The predicted molar refractivity (Wildman–Crippen MR) is 152 cm³/mol. The minimum absolute atomic E-state index is 0.199. The lowest BCUT2D eigenvalue weighted by Crippen LogP contribution is -2.43. The number of halogens is 8. The number of benzene rings is 1. The van der Waals surface area contributed by atoms with Crippen LogP contribution in [0.1, 0.15) is 24.8 Å². The molecule has 11 nitrogen and oxygen atoms in total. The number of nitrogens with one attached hydrogen (secondary N) is 2. The van der Waals surface area contributed by atoms with Crippen LogP contribution in [0.3, 0.4) is 0 Å². The molecule has 2 aliphatic rings. The summed E-state index contributed by atoms with van der Waals surface area (Å²) in [5.74, 6) is -3.81. The van der Waals surface area contributed by atoms with Crippen LogP contribution < -0.4 is 15.5 Å². The van der Waals surface area contributed by atoms with Crippen molar-refractivity contribution in [1.29, 1.82) is 0 Å². The van der Waals surface area contributed by atoms with E-state index in [4.69, 9.17) is 48.0 Å². The van der Waals surface area contributed by atoms with Gasteiger partial charge in [0.25, 0.3) is 0 Å². The Balaban J connectivity index is 0.000000421. The van der Waals surface area contributed by atoms with E-state index in [0.717, 1.165) is 62.8 Å². The Kier molecular flexibility index (Phi) is 13.5. The van der Waals surface area contributed by atoms with E-state index < -0.39 is 24.3 Å². The third kappa shape index (κ3) is 12.0. The Morgan fingerprint density at radius 2 is 1.51 bits per heavy atom. The summed E-state index contributed by atoms with van der Waals surface area (Å²) < 4.78 is 63.5. The van der Waals surface area contributed by atoms with Crippen molar-refractivity contribution in [2.24, 2.45) is 5.41 Å². The van der Waals surface area contributed by atoms with E-state index in [2.05, 4.69) is 20.5 Å². The molecule has 0 unspecified atom stereocenters. The summed E-state index contributed by atoms with van der Waals surface area (Å²) in [4.78, 5) is 43.4. The minimum Gasteiger partial charge on any atom is -0.475 e. The molecule has 4 N–H and O–H groups in total. The van der Waals surface area contributed by atoms with Gasteiger partial charge in [0.15, 0.2) is 0 Å². The van der Waals surface area contributed by atoms with Crippen molar-refractivity contribution in [2.45, 2.75) is 38.2 Å². The first kappa shape index (κ1) is 37.6. The average Bonchev–Trinajstić information content (AvgIpc) is 3.36. The first-order valence-electron chi connectivity index (χ1n) is 13.2. The van der Waals surface area contributed by atoms with Gasteiger partial charge in [0.2, 0.25) is 11.9 Å². The van der Waals surface area contributed by atoms with Gasteiger partial charge in [0.1, 0.15) is 5.82 Å². The number of rotatable bonds is 6. The maximum Gasteiger partial charge on any atom is 0.490 e. The molecule has 0 atom stereocenters. The highest BCUT2D eigenvalue weighted by Crippen LogP contribution is 2.41. The van der Waals surface area contributed by atoms with Crippen LogP contribution in [0.15, 0.2) is 30.5 Å². The number of alkyl halides is 6. The van der Waals surface area contributed by atoms with Crippen LogP contribution >= 0.6 is 23.2 Å². The highest BCUT2D eigenvalue weighted by atomic mass is 35.5. The lowest BCUT2D eigenvalue weighted by Gasteiger charge is -2.39. The Hall–Kier alpha value is -3.57. The molecule has 2 aliphatic heterocycles. The fourth-order valence-corrected chi connectivity index (χ4v) is 4.93. The third-order valence-corrected chi connectivity index (χ3v) is 7.42. The smallest absolute Gasteiger partial charge is 0.475 e. The second-order valence-corrected chi connectivity index (χ2v) is 10.9. The summed E-state index contributed by atoms with van der Waals surface area (Å²) in [6, 6.07) is 7.35. The molecule has 2 aromatic rings. The van der Waals surface area contributed by atoms with E-state index in [0.29, 0.717) is 23.1 Å². The molecule has 2 saturated heterocycles. The van der Waals surface area contributed by atoms with Gasteiger partial charge in [-0.15, -0.1) is 0 Å². The number of hydrogen-bond donors (Lipinski definition) is 4. The predicted octanol–water partition coefficient (Wildman–Crippen LogP) is 4.70. The number of nitrogens with zero attached hydrogens (tertiary/aromatic N) is 4. The van der Waals surface area contributed by atoms with Crippen molar-refractivity contribution < 1.29 is 50.9 Å². The van der Waals surface area contributed by atoms with Crippen LogP contribution in [0.5, 0.6) is 0 Å². The lowest BCUT2D eigenvalue weighted by atomic mass is 9.78. The van der Waals surface area contributed by atoms with Gasteiger partial charge in [0.05, 0.1) is 6.54 Å². The number of likely N-dealkylation sites (tertiary alicyclic amines) is 1. The summed E-state index contributed by atoms with van der Waals surface area (Å²) in [5, 5.41) is 21.8. The SMILES string of the molecule is CNCC(=O)N1CCC2(CCN(c3nccc(NCc4ccc(Cl)cc4Cl)n3)CC2)C1.O=C(O)C(F)(F)F.O=C(O)C(F)(F)F. The zero-order chi connectivity index (χ0) is 34.0. The second-order valence-electron chi connectivity index (χ2n) is 10.0. The maximum atomic E-state index is 12.2. The molecule has 2 fully saturated rings. The molecule has 4 rings (SSSR count). The Labute approximate surface area is 263 Å². The Morgan fingerprint density at radius 3 is 2.02 bits per heavy atom. The quantitative estimate of drug-likeness (QED) is 0.315. The third-order valence-electron chi connectivity index (χ3n) is 6.83. The van der Waals surface area contributed by atoms with E-state index >= 15 is 0 Å². The zero-order valence-corrected chi connectivity index (χ0v) is 25.2. The van der Waals surface area contributed by atoms with E-state index in [1.807, 2.05) is 30.1 Å². The fraction of sp³-hybridized carbons (Fsp3) is 0.500. The number of carbonyl (C=O) groups excluding carboxylic acids is 1.